The van der Waals surface area contributed by atoms with Crippen LogP contribution in [0.3, 0.4) is 0 Å². The van der Waals surface area contributed by atoms with Crippen LogP contribution in [-0.4, -0.2) is 85.7 Å². The van der Waals surface area contributed by atoms with E-state index in [1.54, 1.807) is 0 Å². The average Bonchev–Trinajstić information content (AvgIpc) is 2.67. The molecule has 160 valence electrons. The van der Waals surface area contributed by atoms with Gasteiger partial charge >= 0.3 is 0 Å². The number of nitrogens with zero attached hydrogens (tertiary/aromatic N) is 2. The number of ether oxygens (including phenoxy) is 5. The first-order chi connectivity index (χ1) is 13.6. The molecule has 2 N–H and O–H groups in total. The van der Waals surface area contributed by atoms with Crippen molar-refractivity contribution in [1.82, 2.24) is 0 Å². The Labute approximate surface area is 162 Å². The number of hydrogen-bond donors (Lipinski definition) is 2. The van der Waals surface area contributed by atoms with E-state index in [1.165, 1.54) is 0 Å². The van der Waals surface area contributed by atoms with Gasteiger partial charge in [0.25, 0.3) is 0 Å². The second-order valence-electron chi connectivity index (χ2n) is 7.51. The predicted molar refractivity (Wildman–Crippen MR) is 94.3 cm³/mol. The second kappa shape index (κ2) is 10.6. The van der Waals surface area contributed by atoms with Crippen molar-refractivity contribution in [1.29, 1.82) is 0 Å². The normalized spacial score (nSPS) is 42.1. The van der Waals surface area contributed by atoms with Gasteiger partial charge in [-0.3, -0.25) is 0 Å². The molecule has 0 aromatic carbocycles. The maximum absolute atomic E-state index is 10.7. The first-order valence-corrected chi connectivity index (χ1v) is 9.69. The molecule has 0 saturated carbocycles. The van der Waals surface area contributed by atoms with Crippen molar-refractivity contribution in [2.24, 2.45) is 10.4 Å². The fourth-order valence-corrected chi connectivity index (χ4v) is 3.85. The van der Waals surface area contributed by atoms with Gasteiger partial charge in [-0.15, -0.1) is 0 Å². The summed E-state index contributed by atoms with van der Waals surface area (Å²) in [6.45, 7) is 0.409. The van der Waals surface area contributed by atoms with Gasteiger partial charge in [-0.2, -0.15) is 9.81 Å². The molecular formula is C17H28N2O9. The first-order valence-electron chi connectivity index (χ1n) is 9.69. The number of hydrogen-bond acceptors (Lipinski definition) is 11. The lowest BCUT2D eigenvalue weighted by molar-refractivity contribution is -0.285. The Morgan fingerprint density at radius 2 is 1.64 bits per heavy atom. The van der Waals surface area contributed by atoms with Gasteiger partial charge in [0.2, 0.25) is 0 Å². The Hall–Kier alpha value is -1.08. The molecule has 3 aliphatic heterocycles. The molecule has 0 radical (unpaired) electrons. The van der Waals surface area contributed by atoms with Crippen molar-refractivity contribution in [3.05, 3.63) is 9.81 Å². The minimum Gasteiger partial charge on any atom is -0.394 e. The van der Waals surface area contributed by atoms with Crippen LogP contribution in [0.1, 0.15) is 32.1 Å². The minimum atomic E-state index is -0.666. The van der Waals surface area contributed by atoms with E-state index in [0.29, 0.717) is 38.7 Å². The first kappa shape index (κ1) is 21.6. The van der Waals surface area contributed by atoms with Crippen LogP contribution >= 0.6 is 0 Å². The van der Waals surface area contributed by atoms with E-state index in [1.807, 2.05) is 0 Å². The molecule has 0 unspecified atom stereocenters. The molecule has 3 saturated heterocycles. The summed E-state index contributed by atoms with van der Waals surface area (Å²) in [5.41, 5.74) is 0. The van der Waals surface area contributed by atoms with E-state index in [9.17, 15) is 20.0 Å². The molecule has 11 heteroatoms. The van der Waals surface area contributed by atoms with Gasteiger partial charge in [0.05, 0.1) is 50.3 Å². The monoisotopic (exact) mass is 404 g/mol. The Kier molecular flexibility index (Phi) is 8.21. The van der Waals surface area contributed by atoms with Crippen LogP contribution in [0.5, 0.6) is 0 Å². The molecule has 0 aromatic heterocycles. The van der Waals surface area contributed by atoms with Crippen LogP contribution in [0.4, 0.5) is 0 Å². The summed E-state index contributed by atoms with van der Waals surface area (Å²) in [6.07, 6.45) is -1.56. The zero-order valence-corrected chi connectivity index (χ0v) is 15.6. The highest BCUT2D eigenvalue weighted by atomic mass is 16.7. The highest BCUT2D eigenvalue weighted by Crippen LogP contribution is 2.29. The summed E-state index contributed by atoms with van der Waals surface area (Å²) in [7, 11) is 0. The molecule has 8 atom stereocenters. The summed E-state index contributed by atoms with van der Waals surface area (Å²) < 4.78 is 28.7. The molecule has 0 bridgehead atoms. The zero-order valence-electron chi connectivity index (χ0n) is 15.6. The number of aliphatic hydroxyl groups is 2. The van der Waals surface area contributed by atoms with Gasteiger partial charge in [-0.05, 0) is 0 Å². The maximum atomic E-state index is 10.7. The fourth-order valence-electron chi connectivity index (χ4n) is 3.85. The van der Waals surface area contributed by atoms with Crippen molar-refractivity contribution >= 4 is 0 Å². The number of nitroso groups, excluding NO2 is 2. The van der Waals surface area contributed by atoms with Crippen molar-refractivity contribution in [3.63, 3.8) is 0 Å². The molecule has 0 spiro atoms. The van der Waals surface area contributed by atoms with Gasteiger partial charge in [0, 0.05) is 32.1 Å². The smallest absolute Gasteiger partial charge is 0.161 e. The lowest BCUT2D eigenvalue weighted by atomic mass is 10.0. The highest BCUT2D eigenvalue weighted by Gasteiger charge is 2.37. The van der Waals surface area contributed by atoms with Crippen molar-refractivity contribution < 1.29 is 33.9 Å². The third kappa shape index (κ3) is 6.21. The standard InChI is InChI=1S/C17H28N2O9/c20-7-14-4-12(25-16-3-11(21)2-13(26-16)6-18-22)5-17(27-14)28-15-1-10(19-23)8-24-9-15/h10-17,20-21H,1-9H2/t10-,11+,12+,13+,14+,15+,16-,17+/m0/s1. The Morgan fingerprint density at radius 3 is 2.39 bits per heavy atom. The van der Waals surface area contributed by atoms with E-state index in [2.05, 4.69) is 10.4 Å². The molecule has 3 aliphatic rings. The molecule has 3 rings (SSSR count). The lowest BCUT2D eigenvalue weighted by Gasteiger charge is -2.40. The third-order valence-electron chi connectivity index (χ3n) is 5.14. The van der Waals surface area contributed by atoms with Crippen LogP contribution in [0, 0.1) is 9.81 Å². The summed E-state index contributed by atoms with van der Waals surface area (Å²) >= 11 is 0. The van der Waals surface area contributed by atoms with Crippen LogP contribution in [0.25, 0.3) is 0 Å². The van der Waals surface area contributed by atoms with Gasteiger partial charge in [0.15, 0.2) is 12.6 Å². The van der Waals surface area contributed by atoms with E-state index < -0.39 is 36.9 Å². The van der Waals surface area contributed by atoms with Crippen LogP contribution in [0.2, 0.25) is 0 Å². The summed E-state index contributed by atoms with van der Waals surface area (Å²) in [6, 6.07) is -0.441. The molecule has 11 nitrogen and oxygen atoms in total. The highest BCUT2D eigenvalue weighted by molar-refractivity contribution is 4.81. The van der Waals surface area contributed by atoms with Crippen molar-refractivity contribution in [2.45, 2.75) is 81.2 Å². The number of rotatable bonds is 8. The maximum Gasteiger partial charge on any atom is 0.161 e. The largest absolute Gasteiger partial charge is 0.394 e. The zero-order chi connectivity index (χ0) is 19.9. The Balaban J connectivity index is 1.54. The molecule has 28 heavy (non-hydrogen) atoms. The number of aliphatic hydroxyl groups excluding tert-OH is 2. The van der Waals surface area contributed by atoms with Crippen LogP contribution in [-0.2, 0) is 23.7 Å². The Bertz CT molecular complexity index is 511. The molecule has 3 heterocycles. The molecule has 0 amide bonds. The van der Waals surface area contributed by atoms with Crippen LogP contribution < -0.4 is 0 Å². The average molecular weight is 404 g/mol. The van der Waals surface area contributed by atoms with E-state index in [0.717, 1.165) is 0 Å². The summed E-state index contributed by atoms with van der Waals surface area (Å²) in [4.78, 5) is 21.2. The summed E-state index contributed by atoms with van der Waals surface area (Å²) in [5.74, 6) is 0. The van der Waals surface area contributed by atoms with E-state index >= 15 is 0 Å². The topological polar surface area (TPSA) is 145 Å². The van der Waals surface area contributed by atoms with Crippen molar-refractivity contribution in [2.75, 3.05) is 26.4 Å². The second-order valence-corrected chi connectivity index (χ2v) is 7.51. The van der Waals surface area contributed by atoms with Gasteiger partial charge < -0.3 is 33.9 Å². The van der Waals surface area contributed by atoms with Gasteiger partial charge in [0.1, 0.15) is 12.6 Å². The molecule has 0 aromatic rings. The quantitative estimate of drug-likeness (QED) is 0.550. The molecular weight excluding hydrogens is 376 g/mol. The van der Waals surface area contributed by atoms with Gasteiger partial charge in [-0.1, -0.05) is 10.4 Å². The van der Waals surface area contributed by atoms with E-state index in [-0.39, 0.29) is 32.0 Å². The fraction of sp³-hybridized carbons (Fsp3) is 1.00. The lowest BCUT2D eigenvalue weighted by Crippen LogP contribution is -2.46. The SMILES string of the molecule is O=NC[C@H]1C[C@@H](O)C[C@@H](O[C@@H]2C[C@H](CO)O[C@H](O[C@H]3COC[C@@H](N=O)C3)C2)O1. The third-order valence-corrected chi connectivity index (χ3v) is 5.14. The summed E-state index contributed by atoms with van der Waals surface area (Å²) in [5, 5.41) is 25.4. The Morgan fingerprint density at radius 1 is 0.893 bits per heavy atom. The van der Waals surface area contributed by atoms with Gasteiger partial charge in [-0.25, -0.2) is 0 Å². The molecule has 3 fully saturated rings. The molecule has 0 aliphatic carbocycles. The predicted octanol–water partition coefficient (Wildman–Crippen LogP) is 0.442. The minimum absolute atomic E-state index is 0.0384. The van der Waals surface area contributed by atoms with Crippen molar-refractivity contribution in [3.8, 4) is 0 Å². The van der Waals surface area contributed by atoms with E-state index in [4.69, 9.17) is 23.7 Å². The van der Waals surface area contributed by atoms with Crippen LogP contribution in [0.15, 0.2) is 10.4 Å².